The van der Waals surface area contributed by atoms with Crippen LogP contribution in [0.2, 0.25) is 0 Å². The number of aryl methyl sites for hydroxylation is 1. The van der Waals surface area contributed by atoms with Gasteiger partial charge < -0.3 is 4.90 Å². The summed E-state index contributed by atoms with van der Waals surface area (Å²) in [6.07, 6.45) is -3.84. The molecule has 0 radical (unpaired) electrons. The standard InChI is InChI=1S/C16H16F3N5O2/c1-2-9-3-5-11(6-4-9)24-8-10(7-12(24)25)13(26)20-15-21-14(22-23-15)16(17,18)19/h3-6,10H,2,7-8H2,1H3,(H2,20,21,22,23,26). The summed E-state index contributed by atoms with van der Waals surface area (Å²) in [5, 5.41) is 7.26. The summed E-state index contributed by atoms with van der Waals surface area (Å²) < 4.78 is 37.5. The largest absolute Gasteiger partial charge is 0.451 e. The van der Waals surface area contributed by atoms with Crippen LogP contribution in [0.4, 0.5) is 24.8 Å². The minimum atomic E-state index is -4.68. The number of benzene rings is 1. The molecule has 1 aromatic carbocycles. The number of halogens is 3. The van der Waals surface area contributed by atoms with Gasteiger partial charge in [0.25, 0.3) is 0 Å². The Balaban J connectivity index is 1.65. The van der Waals surface area contributed by atoms with Gasteiger partial charge in [0, 0.05) is 18.7 Å². The quantitative estimate of drug-likeness (QED) is 0.868. The van der Waals surface area contributed by atoms with Gasteiger partial charge in [0.05, 0.1) is 5.92 Å². The van der Waals surface area contributed by atoms with E-state index in [1.54, 1.807) is 5.10 Å². The Morgan fingerprint density at radius 1 is 1.35 bits per heavy atom. The number of rotatable bonds is 4. The predicted molar refractivity (Wildman–Crippen MR) is 86.3 cm³/mol. The smallest absolute Gasteiger partial charge is 0.312 e. The molecule has 1 aliphatic heterocycles. The molecule has 0 aliphatic carbocycles. The highest BCUT2D eigenvalue weighted by Crippen LogP contribution is 2.28. The number of anilines is 2. The zero-order valence-corrected chi connectivity index (χ0v) is 13.8. The molecule has 138 valence electrons. The fraction of sp³-hybridized carbons (Fsp3) is 0.375. The van der Waals surface area contributed by atoms with Gasteiger partial charge in [-0.15, -0.1) is 5.10 Å². The normalized spacial score (nSPS) is 17.6. The third kappa shape index (κ3) is 3.68. The number of nitrogens with one attached hydrogen (secondary N) is 2. The van der Waals surface area contributed by atoms with E-state index in [0.29, 0.717) is 5.69 Å². The fourth-order valence-electron chi connectivity index (χ4n) is 2.70. The van der Waals surface area contributed by atoms with Crippen LogP contribution >= 0.6 is 0 Å². The summed E-state index contributed by atoms with van der Waals surface area (Å²) in [5.74, 6) is -3.28. The monoisotopic (exact) mass is 367 g/mol. The van der Waals surface area contributed by atoms with Crippen molar-refractivity contribution in [3.63, 3.8) is 0 Å². The number of amides is 2. The molecule has 10 heteroatoms. The van der Waals surface area contributed by atoms with Crippen LogP contribution in [0.25, 0.3) is 0 Å². The SMILES string of the molecule is CCc1ccc(N2CC(C(=O)Nc3n[nH]c(C(F)(F)F)n3)CC2=O)cc1. The molecule has 2 aromatic rings. The molecule has 3 rings (SSSR count). The third-order valence-corrected chi connectivity index (χ3v) is 4.14. The topological polar surface area (TPSA) is 91.0 Å². The van der Waals surface area contributed by atoms with Crippen LogP contribution in [0.5, 0.6) is 0 Å². The maximum atomic E-state index is 12.5. The van der Waals surface area contributed by atoms with E-state index in [9.17, 15) is 22.8 Å². The highest BCUT2D eigenvalue weighted by molar-refractivity contribution is 6.03. The zero-order valence-electron chi connectivity index (χ0n) is 13.8. The molecule has 2 heterocycles. The first kappa shape index (κ1) is 17.9. The predicted octanol–water partition coefficient (Wildman–Crippen LogP) is 2.38. The summed E-state index contributed by atoms with van der Waals surface area (Å²) in [6.45, 7) is 2.16. The van der Waals surface area contributed by atoms with Gasteiger partial charge in [0.1, 0.15) is 0 Å². The van der Waals surface area contributed by atoms with Gasteiger partial charge in [0.2, 0.25) is 23.6 Å². The van der Waals surface area contributed by atoms with E-state index in [2.05, 4.69) is 15.4 Å². The third-order valence-electron chi connectivity index (χ3n) is 4.14. The van der Waals surface area contributed by atoms with Crippen LogP contribution in [0.1, 0.15) is 24.7 Å². The molecule has 26 heavy (non-hydrogen) atoms. The number of hydrogen-bond donors (Lipinski definition) is 2. The van der Waals surface area contributed by atoms with Crippen molar-refractivity contribution in [1.82, 2.24) is 15.2 Å². The van der Waals surface area contributed by atoms with Gasteiger partial charge in [-0.1, -0.05) is 19.1 Å². The molecular weight excluding hydrogens is 351 g/mol. The number of aromatic amines is 1. The van der Waals surface area contributed by atoms with Gasteiger partial charge in [-0.25, -0.2) is 0 Å². The van der Waals surface area contributed by atoms with Crippen LogP contribution < -0.4 is 10.2 Å². The summed E-state index contributed by atoms with van der Waals surface area (Å²) in [4.78, 5) is 29.1. The lowest BCUT2D eigenvalue weighted by molar-refractivity contribution is -0.144. The van der Waals surface area contributed by atoms with Crippen molar-refractivity contribution in [2.24, 2.45) is 5.92 Å². The molecule has 1 aliphatic rings. The van der Waals surface area contributed by atoms with Crippen molar-refractivity contribution in [3.8, 4) is 0 Å². The number of alkyl halides is 3. The van der Waals surface area contributed by atoms with Crippen LogP contribution in [0.3, 0.4) is 0 Å². The maximum absolute atomic E-state index is 12.5. The zero-order chi connectivity index (χ0) is 18.9. The Morgan fingerprint density at radius 3 is 2.62 bits per heavy atom. The van der Waals surface area contributed by atoms with E-state index in [1.807, 2.05) is 31.2 Å². The van der Waals surface area contributed by atoms with Crippen molar-refractivity contribution >= 4 is 23.5 Å². The highest BCUT2D eigenvalue weighted by atomic mass is 19.4. The molecule has 2 N–H and O–H groups in total. The van der Waals surface area contributed by atoms with E-state index in [-0.39, 0.29) is 18.9 Å². The first-order chi connectivity index (χ1) is 12.3. The number of hydrogen-bond acceptors (Lipinski definition) is 4. The Hall–Kier alpha value is -2.91. The number of carbonyl (C=O) groups excluding carboxylic acids is 2. The second-order valence-corrected chi connectivity index (χ2v) is 5.92. The van der Waals surface area contributed by atoms with Gasteiger partial charge >= 0.3 is 6.18 Å². The van der Waals surface area contributed by atoms with E-state index in [4.69, 9.17) is 0 Å². The molecule has 7 nitrogen and oxygen atoms in total. The van der Waals surface area contributed by atoms with Crippen molar-refractivity contribution in [2.75, 3.05) is 16.8 Å². The molecule has 1 fully saturated rings. The summed E-state index contributed by atoms with van der Waals surface area (Å²) in [7, 11) is 0. The van der Waals surface area contributed by atoms with E-state index in [1.165, 1.54) is 4.90 Å². The molecule has 1 saturated heterocycles. The molecule has 1 atom stereocenters. The fourth-order valence-corrected chi connectivity index (χ4v) is 2.70. The van der Waals surface area contributed by atoms with Crippen molar-refractivity contribution in [1.29, 1.82) is 0 Å². The van der Waals surface area contributed by atoms with Gasteiger partial charge in [-0.2, -0.15) is 18.2 Å². The number of nitrogens with zero attached hydrogens (tertiary/aromatic N) is 3. The summed E-state index contributed by atoms with van der Waals surface area (Å²) >= 11 is 0. The number of aromatic nitrogens is 3. The molecule has 0 bridgehead atoms. The Labute approximate surface area is 146 Å². The van der Waals surface area contributed by atoms with Crippen molar-refractivity contribution < 1.29 is 22.8 Å². The van der Waals surface area contributed by atoms with E-state index >= 15 is 0 Å². The first-order valence-electron chi connectivity index (χ1n) is 7.97. The van der Waals surface area contributed by atoms with Crippen LogP contribution in [0, 0.1) is 5.92 Å². The average molecular weight is 367 g/mol. The Morgan fingerprint density at radius 2 is 2.04 bits per heavy atom. The van der Waals surface area contributed by atoms with Crippen molar-refractivity contribution in [2.45, 2.75) is 25.9 Å². The van der Waals surface area contributed by atoms with Crippen molar-refractivity contribution in [3.05, 3.63) is 35.7 Å². The molecule has 0 spiro atoms. The summed E-state index contributed by atoms with van der Waals surface area (Å²) in [6, 6.07) is 7.43. The second kappa shape index (κ2) is 6.77. The van der Waals surface area contributed by atoms with Crippen LogP contribution in [0.15, 0.2) is 24.3 Å². The first-order valence-corrected chi connectivity index (χ1v) is 7.97. The lowest BCUT2D eigenvalue weighted by Gasteiger charge is -2.16. The molecule has 2 amide bonds. The van der Waals surface area contributed by atoms with Gasteiger partial charge in [0.15, 0.2) is 0 Å². The summed E-state index contributed by atoms with van der Waals surface area (Å²) in [5.41, 5.74) is 1.81. The highest BCUT2D eigenvalue weighted by Gasteiger charge is 2.37. The number of carbonyl (C=O) groups is 2. The maximum Gasteiger partial charge on any atom is 0.451 e. The Bertz CT molecular complexity index is 816. The van der Waals surface area contributed by atoms with Crippen LogP contribution in [-0.2, 0) is 22.2 Å². The molecule has 1 unspecified atom stereocenters. The van der Waals surface area contributed by atoms with Gasteiger partial charge in [-0.05, 0) is 24.1 Å². The second-order valence-electron chi connectivity index (χ2n) is 5.92. The lowest BCUT2D eigenvalue weighted by atomic mass is 10.1. The number of H-pyrrole nitrogens is 1. The molecule has 1 aromatic heterocycles. The molecular formula is C16H16F3N5O2. The van der Waals surface area contributed by atoms with E-state index < -0.39 is 29.8 Å². The minimum Gasteiger partial charge on any atom is -0.312 e. The lowest BCUT2D eigenvalue weighted by Crippen LogP contribution is -2.28. The van der Waals surface area contributed by atoms with Crippen LogP contribution in [-0.4, -0.2) is 33.5 Å². The van der Waals surface area contributed by atoms with Gasteiger partial charge in [-0.3, -0.25) is 20.0 Å². The Kier molecular flexibility index (Phi) is 4.66. The average Bonchev–Trinajstić information content (AvgIpc) is 3.21. The minimum absolute atomic E-state index is 0.0298. The van der Waals surface area contributed by atoms with E-state index in [0.717, 1.165) is 12.0 Å². The molecule has 0 saturated carbocycles.